The predicted molar refractivity (Wildman–Crippen MR) is 137 cm³/mol. The smallest absolute Gasteiger partial charge is 0.251 e. The van der Waals surface area contributed by atoms with Crippen molar-refractivity contribution in [3.05, 3.63) is 53.6 Å². The number of amides is 1. The van der Waals surface area contributed by atoms with E-state index in [9.17, 15) is 4.79 Å². The largest absolute Gasteiger partial charge is 0.494 e. The zero-order valence-corrected chi connectivity index (χ0v) is 20.5. The maximum atomic E-state index is 12.5. The number of carbonyl (C=O) groups is 1. The number of aromatic nitrogens is 1. The van der Waals surface area contributed by atoms with Crippen molar-refractivity contribution in [1.82, 2.24) is 15.2 Å². The molecule has 7 heteroatoms. The first-order valence-corrected chi connectivity index (χ1v) is 12.8. The molecule has 1 amide bonds. The molecule has 4 rings (SSSR count). The van der Waals surface area contributed by atoms with Crippen molar-refractivity contribution < 1.29 is 9.53 Å². The fourth-order valence-electron chi connectivity index (χ4n) is 3.99. The number of hydrogen-bond donors (Lipinski definition) is 1. The molecule has 2 heterocycles. The molecule has 0 unspecified atom stereocenters. The number of benzene rings is 2. The highest BCUT2D eigenvalue weighted by molar-refractivity contribution is 7.22. The minimum atomic E-state index is -0.0315. The number of rotatable bonds is 10. The Morgan fingerprint density at radius 3 is 2.64 bits per heavy atom. The average Bonchev–Trinajstić information content (AvgIpc) is 3.26. The SMILES string of the molecule is CCCCCOc1ccc(C(=O)NCCN2CCN(c3nc4ccc(C)cc4s3)CC2)cc1. The summed E-state index contributed by atoms with van der Waals surface area (Å²) in [6.45, 7) is 10.4. The minimum absolute atomic E-state index is 0.0315. The summed E-state index contributed by atoms with van der Waals surface area (Å²) >= 11 is 1.78. The maximum absolute atomic E-state index is 12.5. The minimum Gasteiger partial charge on any atom is -0.494 e. The summed E-state index contributed by atoms with van der Waals surface area (Å²) in [5.41, 5.74) is 3.03. The number of nitrogens with one attached hydrogen (secondary N) is 1. The molecule has 0 atom stereocenters. The van der Waals surface area contributed by atoms with Crippen molar-refractivity contribution >= 4 is 32.6 Å². The molecule has 6 nitrogen and oxygen atoms in total. The molecule has 0 spiro atoms. The Labute approximate surface area is 200 Å². The number of ether oxygens (including phenoxy) is 1. The lowest BCUT2D eigenvalue weighted by atomic mass is 10.2. The van der Waals surface area contributed by atoms with Crippen molar-refractivity contribution in [2.45, 2.75) is 33.1 Å². The fourth-order valence-corrected chi connectivity index (χ4v) is 5.11. The molecular formula is C26H34N4O2S. The maximum Gasteiger partial charge on any atom is 0.251 e. The van der Waals surface area contributed by atoms with Crippen LogP contribution in [0.15, 0.2) is 42.5 Å². The molecule has 1 saturated heterocycles. The van der Waals surface area contributed by atoms with Gasteiger partial charge in [-0.15, -0.1) is 0 Å². The molecule has 33 heavy (non-hydrogen) atoms. The van der Waals surface area contributed by atoms with Crippen molar-refractivity contribution in [2.24, 2.45) is 0 Å². The summed E-state index contributed by atoms with van der Waals surface area (Å²) in [4.78, 5) is 22.0. The lowest BCUT2D eigenvalue weighted by Crippen LogP contribution is -2.48. The van der Waals surface area contributed by atoms with Crippen molar-refractivity contribution in [3.63, 3.8) is 0 Å². The Bertz CT molecular complexity index is 1040. The Hall–Kier alpha value is -2.64. The van der Waals surface area contributed by atoms with Crippen LogP contribution in [0.1, 0.15) is 42.1 Å². The van der Waals surface area contributed by atoms with Crippen LogP contribution in [0.4, 0.5) is 5.13 Å². The number of anilines is 1. The van der Waals surface area contributed by atoms with Crippen molar-refractivity contribution in [3.8, 4) is 5.75 Å². The standard InChI is InChI=1S/C26H34N4O2S/c1-3-4-5-18-32-22-9-7-21(8-10-22)25(31)27-12-13-29-14-16-30(17-15-29)26-28-23-11-6-20(2)19-24(23)33-26/h6-11,19H,3-5,12-18H2,1-2H3,(H,27,31). The first-order valence-electron chi connectivity index (χ1n) is 12.0. The second kappa shape index (κ2) is 11.5. The molecule has 1 aliphatic heterocycles. The second-order valence-electron chi connectivity index (χ2n) is 8.63. The van der Waals surface area contributed by atoms with Gasteiger partial charge in [0.1, 0.15) is 5.75 Å². The molecule has 176 valence electrons. The van der Waals surface area contributed by atoms with E-state index in [1.807, 2.05) is 24.3 Å². The zero-order chi connectivity index (χ0) is 23.0. The number of fused-ring (bicyclic) bond motifs is 1. The van der Waals surface area contributed by atoms with Crippen LogP contribution in [0, 0.1) is 6.92 Å². The van der Waals surface area contributed by atoms with E-state index in [1.165, 1.54) is 23.1 Å². The van der Waals surface area contributed by atoms with E-state index in [-0.39, 0.29) is 5.91 Å². The molecule has 3 aromatic rings. The van der Waals surface area contributed by atoms with Crippen LogP contribution in [0.3, 0.4) is 0 Å². The Morgan fingerprint density at radius 2 is 1.88 bits per heavy atom. The number of unbranched alkanes of at least 4 members (excludes halogenated alkanes) is 2. The van der Waals surface area contributed by atoms with Crippen LogP contribution >= 0.6 is 11.3 Å². The first-order chi connectivity index (χ1) is 16.1. The van der Waals surface area contributed by atoms with Gasteiger partial charge >= 0.3 is 0 Å². The van der Waals surface area contributed by atoms with Gasteiger partial charge in [-0.3, -0.25) is 9.69 Å². The third-order valence-corrected chi connectivity index (χ3v) is 7.10. The normalized spacial score (nSPS) is 14.5. The monoisotopic (exact) mass is 466 g/mol. The third-order valence-electron chi connectivity index (χ3n) is 6.02. The molecule has 1 fully saturated rings. The van der Waals surface area contributed by atoms with E-state index >= 15 is 0 Å². The van der Waals surface area contributed by atoms with E-state index in [2.05, 4.69) is 47.2 Å². The fraction of sp³-hybridized carbons (Fsp3) is 0.462. The summed E-state index contributed by atoms with van der Waals surface area (Å²) < 4.78 is 6.98. The lowest BCUT2D eigenvalue weighted by Gasteiger charge is -2.34. The van der Waals surface area contributed by atoms with Gasteiger partial charge < -0.3 is 15.0 Å². The van der Waals surface area contributed by atoms with E-state index in [4.69, 9.17) is 9.72 Å². The van der Waals surface area contributed by atoms with Gasteiger partial charge in [-0.2, -0.15) is 0 Å². The molecule has 0 aliphatic carbocycles. The molecule has 0 bridgehead atoms. The van der Waals surface area contributed by atoms with Gasteiger partial charge in [0.2, 0.25) is 0 Å². The highest BCUT2D eigenvalue weighted by atomic mass is 32.1. The van der Waals surface area contributed by atoms with Gasteiger partial charge in [0.15, 0.2) is 5.13 Å². The highest BCUT2D eigenvalue weighted by Crippen LogP contribution is 2.30. The van der Waals surface area contributed by atoms with Gasteiger partial charge in [-0.05, 0) is 55.3 Å². The number of hydrogen-bond acceptors (Lipinski definition) is 6. The van der Waals surface area contributed by atoms with E-state index < -0.39 is 0 Å². The Morgan fingerprint density at radius 1 is 1.09 bits per heavy atom. The molecule has 1 N–H and O–H groups in total. The number of aryl methyl sites for hydroxylation is 1. The van der Waals surface area contributed by atoms with E-state index in [0.717, 1.165) is 62.1 Å². The van der Waals surface area contributed by atoms with Gasteiger partial charge in [0, 0.05) is 44.8 Å². The molecule has 0 saturated carbocycles. The third kappa shape index (κ3) is 6.45. The summed E-state index contributed by atoms with van der Waals surface area (Å²) in [5, 5.41) is 4.16. The lowest BCUT2D eigenvalue weighted by molar-refractivity contribution is 0.0947. The molecule has 1 aliphatic rings. The second-order valence-corrected chi connectivity index (χ2v) is 9.64. The van der Waals surface area contributed by atoms with Gasteiger partial charge in [0.25, 0.3) is 5.91 Å². The first kappa shape index (κ1) is 23.5. The van der Waals surface area contributed by atoms with Crippen LogP contribution in [0.2, 0.25) is 0 Å². The van der Waals surface area contributed by atoms with Crippen molar-refractivity contribution in [1.29, 1.82) is 0 Å². The van der Waals surface area contributed by atoms with Crippen LogP contribution in [-0.2, 0) is 0 Å². The summed E-state index contributed by atoms with van der Waals surface area (Å²) in [7, 11) is 0. The number of carbonyl (C=O) groups excluding carboxylic acids is 1. The average molecular weight is 467 g/mol. The molecule has 2 aromatic carbocycles. The van der Waals surface area contributed by atoms with Gasteiger partial charge in [-0.1, -0.05) is 37.2 Å². The van der Waals surface area contributed by atoms with Crippen LogP contribution in [0.25, 0.3) is 10.2 Å². The van der Waals surface area contributed by atoms with Gasteiger partial charge in [0.05, 0.1) is 16.8 Å². The van der Waals surface area contributed by atoms with Crippen LogP contribution in [0.5, 0.6) is 5.75 Å². The van der Waals surface area contributed by atoms with Crippen molar-refractivity contribution in [2.75, 3.05) is 50.8 Å². The van der Waals surface area contributed by atoms with Crippen LogP contribution < -0.4 is 15.0 Å². The summed E-state index contributed by atoms with van der Waals surface area (Å²) in [6, 6.07) is 13.9. The number of piperazine rings is 1. The zero-order valence-electron chi connectivity index (χ0n) is 19.7. The van der Waals surface area contributed by atoms with E-state index in [0.29, 0.717) is 12.1 Å². The Kier molecular flexibility index (Phi) is 8.18. The van der Waals surface area contributed by atoms with E-state index in [1.54, 1.807) is 11.3 Å². The highest BCUT2D eigenvalue weighted by Gasteiger charge is 2.20. The quantitative estimate of drug-likeness (QED) is 0.438. The summed E-state index contributed by atoms with van der Waals surface area (Å²) in [5.74, 6) is 0.791. The van der Waals surface area contributed by atoms with Gasteiger partial charge in [-0.25, -0.2) is 4.98 Å². The molecular weight excluding hydrogens is 432 g/mol. The Balaban J connectivity index is 1.17. The molecule has 1 aromatic heterocycles. The molecule has 0 radical (unpaired) electrons. The number of thiazole rings is 1. The number of nitrogens with zero attached hydrogens (tertiary/aromatic N) is 3. The summed E-state index contributed by atoms with van der Waals surface area (Å²) in [6.07, 6.45) is 3.42. The van der Waals surface area contributed by atoms with Crippen LogP contribution in [-0.4, -0.2) is 61.7 Å². The predicted octanol–water partition coefficient (Wildman–Crippen LogP) is 4.73. The topological polar surface area (TPSA) is 57.7 Å².